The number of benzene rings is 1. The van der Waals surface area contributed by atoms with Gasteiger partial charge >= 0.3 is 0 Å². The Hall–Kier alpha value is -1.02. The van der Waals surface area contributed by atoms with Gasteiger partial charge in [-0.2, -0.15) is 0 Å². The molecule has 1 N–H and O–H groups in total. The van der Waals surface area contributed by atoms with E-state index in [1.807, 2.05) is 13.8 Å². The van der Waals surface area contributed by atoms with Crippen molar-refractivity contribution in [2.24, 2.45) is 0 Å². The van der Waals surface area contributed by atoms with Gasteiger partial charge in [0.1, 0.15) is 0 Å². The smallest absolute Gasteiger partial charge is 0.0608 e. The molecule has 0 unspecified atom stereocenters. The van der Waals surface area contributed by atoms with Gasteiger partial charge in [0.15, 0.2) is 0 Å². The van der Waals surface area contributed by atoms with E-state index < -0.39 is 5.60 Å². The first-order chi connectivity index (χ1) is 7.42. The molecule has 2 heteroatoms. The van der Waals surface area contributed by atoms with E-state index in [4.69, 9.17) is 0 Å². The van der Waals surface area contributed by atoms with Crippen LogP contribution in [-0.4, -0.2) is 24.3 Å². The van der Waals surface area contributed by atoms with Crippen LogP contribution in [0.15, 0.2) is 24.3 Å². The lowest BCUT2D eigenvalue weighted by atomic mass is 10.1. The molecule has 0 saturated heterocycles. The van der Waals surface area contributed by atoms with Gasteiger partial charge < -0.3 is 10.0 Å². The van der Waals surface area contributed by atoms with Crippen LogP contribution in [0.4, 0.5) is 5.69 Å². The Balaban J connectivity index is 2.56. The first kappa shape index (κ1) is 13.0. The van der Waals surface area contributed by atoms with E-state index in [2.05, 4.69) is 43.1 Å². The van der Waals surface area contributed by atoms with Crippen molar-refractivity contribution in [3.8, 4) is 0 Å². The largest absolute Gasteiger partial charge is 0.390 e. The van der Waals surface area contributed by atoms with Crippen LogP contribution in [0.5, 0.6) is 0 Å². The topological polar surface area (TPSA) is 23.5 Å². The van der Waals surface area contributed by atoms with Gasteiger partial charge in [-0.25, -0.2) is 0 Å². The average molecular weight is 221 g/mol. The molecular weight excluding hydrogens is 198 g/mol. The highest BCUT2D eigenvalue weighted by atomic mass is 16.3. The Bertz CT molecular complexity index is 311. The van der Waals surface area contributed by atoms with E-state index in [0.717, 1.165) is 19.4 Å². The van der Waals surface area contributed by atoms with Gasteiger partial charge in [-0.05, 0) is 44.4 Å². The molecule has 0 atom stereocenters. The fraction of sp³-hybridized carbons (Fsp3) is 0.571. The predicted octanol–water partition coefficient (Wildman–Crippen LogP) is 2.85. The maximum absolute atomic E-state index is 9.67. The molecule has 1 aromatic carbocycles. The SMILES string of the molecule is CCc1ccc(N(C)CCC(C)(C)O)cc1. The molecular formula is C14H23NO. The zero-order valence-corrected chi connectivity index (χ0v) is 10.8. The summed E-state index contributed by atoms with van der Waals surface area (Å²) in [7, 11) is 2.06. The Morgan fingerprint density at radius 1 is 1.19 bits per heavy atom. The molecule has 0 amide bonds. The van der Waals surface area contributed by atoms with Crippen molar-refractivity contribution in [3.63, 3.8) is 0 Å². The maximum atomic E-state index is 9.67. The van der Waals surface area contributed by atoms with Gasteiger partial charge in [0.05, 0.1) is 5.60 Å². The molecule has 0 bridgehead atoms. The summed E-state index contributed by atoms with van der Waals surface area (Å²) in [5.41, 5.74) is 1.98. The summed E-state index contributed by atoms with van der Waals surface area (Å²) in [6.07, 6.45) is 1.85. The van der Waals surface area contributed by atoms with Crippen LogP contribution in [0, 0.1) is 0 Å². The summed E-state index contributed by atoms with van der Waals surface area (Å²) in [5, 5.41) is 9.67. The quantitative estimate of drug-likeness (QED) is 0.826. The molecule has 0 radical (unpaired) electrons. The minimum absolute atomic E-state index is 0.586. The first-order valence-corrected chi connectivity index (χ1v) is 5.95. The number of aryl methyl sites for hydroxylation is 1. The van der Waals surface area contributed by atoms with Crippen molar-refractivity contribution < 1.29 is 5.11 Å². The molecule has 0 spiro atoms. The average Bonchev–Trinajstić information content (AvgIpc) is 2.25. The third-order valence-corrected chi connectivity index (χ3v) is 2.84. The molecule has 0 aliphatic heterocycles. The minimum atomic E-state index is -0.586. The first-order valence-electron chi connectivity index (χ1n) is 5.95. The van der Waals surface area contributed by atoms with Gasteiger partial charge in [-0.3, -0.25) is 0 Å². The molecule has 0 aliphatic rings. The lowest BCUT2D eigenvalue weighted by molar-refractivity contribution is 0.0734. The number of hydrogen-bond donors (Lipinski definition) is 1. The summed E-state index contributed by atoms with van der Waals surface area (Å²) in [5.74, 6) is 0. The molecule has 2 nitrogen and oxygen atoms in total. The summed E-state index contributed by atoms with van der Waals surface area (Å²) >= 11 is 0. The second kappa shape index (κ2) is 5.35. The second-order valence-electron chi connectivity index (χ2n) is 5.00. The lowest BCUT2D eigenvalue weighted by Gasteiger charge is -2.24. The molecule has 90 valence electrons. The summed E-state index contributed by atoms with van der Waals surface area (Å²) in [4.78, 5) is 2.18. The summed E-state index contributed by atoms with van der Waals surface area (Å²) < 4.78 is 0. The summed E-state index contributed by atoms with van der Waals surface area (Å²) in [6, 6.07) is 8.61. The van der Waals surface area contributed by atoms with Crippen molar-refractivity contribution in [3.05, 3.63) is 29.8 Å². The van der Waals surface area contributed by atoms with E-state index in [9.17, 15) is 5.11 Å². The van der Waals surface area contributed by atoms with Gasteiger partial charge in [0.2, 0.25) is 0 Å². The van der Waals surface area contributed by atoms with Gasteiger partial charge in [-0.1, -0.05) is 19.1 Å². The van der Waals surface area contributed by atoms with Crippen LogP contribution < -0.4 is 4.90 Å². The van der Waals surface area contributed by atoms with Gasteiger partial charge in [0.25, 0.3) is 0 Å². The van der Waals surface area contributed by atoms with Gasteiger partial charge in [-0.15, -0.1) is 0 Å². The molecule has 0 aliphatic carbocycles. The normalized spacial score (nSPS) is 11.6. The second-order valence-corrected chi connectivity index (χ2v) is 5.00. The number of rotatable bonds is 5. The lowest BCUT2D eigenvalue weighted by Crippen LogP contribution is -2.28. The van der Waals surface area contributed by atoms with Crippen LogP contribution in [0.3, 0.4) is 0 Å². The minimum Gasteiger partial charge on any atom is -0.390 e. The Labute approximate surface area is 98.9 Å². The van der Waals surface area contributed by atoms with Gasteiger partial charge in [0, 0.05) is 19.3 Å². The van der Waals surface area contributed by atoms with E-state index in [0.29, 0.717) is 0 Å². The fourth-order valence-electron chi connectivity index (χ4n) is 1.56. The van der Waals surface area contributed by atoms with E-state index in [1.54, 1.807) is 0 Å². The van der Waals surface area contributed by atoms with E-state index in [1.165, 1.54) is 11.3 Å². The van der Waals surface area contributed by atoms with Crippen molar-refractivity contribution in [2.75, 3.05) is 18.5 Å². The number of hydrogen-bond acceptors (Lipinski definition) is 2. The third-order valence-electron chi connectivity index (χ3n) is 2.84. The van der Waals surface area contributed by atoms with E-state index >= 15 is 0 Å². The predicted molar refractivity (Wildman–Crippen MR) is 70.0 cm³/mol. The van der Waals surface area contributed by atoms with Crippen molar-refractivity contribution in [1.29, 1.82) is 0 Å². The van der Waals surface area contributed by atoms with Crippen LogP contribution in [0.25, 0.3) is 0 Å². The summed E-state index contributed by atoms with van der Waals surface area (Å²) in [6.45, 7) is 6.73. The number of aliphatic hydroxyl groups is 1. The zero-order valence-electron chi connectivity index (χ0n) is 10.8. The number of anilines is 1. The van der Waals surface area contributed by atoms with E-state index in [-0.39, 0.29) is 0 Å². The van der Waals surface area contributed by atoms with Crippen LogP contribution in [0.1, 0.15) is 32.8 Å². The maximum Gasteiger partial charge on any atom is 0.0608 e. The molecule has 0 fully saturated rings. The standard InChI is InChI=1S/C14H23NO/c1-5-12-6-8-13(9-7-12)15(4)11-10-14(2,3)16/h6-9,16H,5,10-11H2,1-4H3. The monoisotopic (exact) mass is 221 g/mol. The molecule has 0 aromatic heterocycles. The molecule has 0 heterocycles. The van der Waals surface area contributed by atoms with Crippen LogP contribution in [-0.2, 0) is 6.42 Å². The molecule has 1 rings (SSSR count). The van der Waals surface area contributed by atoms with Crippen LogP contribution in [0.2, 0.25) is 0 Å². The Kier molecular flexibility index (Phi) is 4.36. The third kappa shape index (κ3) is 4.23. The zero-order chi connectivity index (χ0) is 12.2. The highest BCUT2D eigenvalue weighted by molar-refractivity contribution is 5.46. The fourth-order valence-corrected chi connectivity index (χ4v) is 1.56. The molecule has 1 aromatic rings. The van der Waals surface area contributed by atoms with Crippen molar-refractivity contribution in [2.45, 2.75) is 39.2 Å². The molecule has 16 heavy (non-hydrogen) atoms. The van der Waals surface area contributed by atoms with Crippen molar-refractivity contribution in [1.82, 2.24) is 0 Å². The molecule has 0 saturated carbocycles. The highest BCUT2D eigenvalue weighted by Gasteiger charge is 2.13. The Morgan fingerprint density at radius 2 is 1.75 bits per heavy atom. The Morgan fingerprint density at radius 3 is 2.19 bits per heavy atom. The van der Waals surface area contributed by atoms with Crippen LogP contribution >= 0.6 is 0 Å². The number of nitrogens with zero attached hydrogens (tertiary/aromatic N) is 1. The highest BCUT2D eigenvalue weighted by Crippen LogP contribution is 2.16. The van der Waals surface area contributed by atoms with Crippen molar-refractivity contribution >= 4 is 5.69 Å².